The highest BCUT2D eigenvalue weighted by atomic mass is 16.8. The third-order valence-corrected chi connectivity index (χ3v) is 9.87. The second-order valence-electron chi connectivity index (χ2n) is 12.2. The van der Waals surface area contributed by atoms with Gasteiger partial charge in [-0.3, -0.25) is 0 Å². The molecule has 3 aliphatic carbocycles. The molecule has 0 aromatic heterocycles. The lowest BCUT2D eigenvalue weighted by atomic mass is 9.41. The Balaban J connectivity index is 1.12. The van der Waals surface area contributed by atoms with Crippen molar-refractivity contribution in [1.82, 2.24) is 0 Å². The van der Waals surface area contributed by atoms with Gasteiger partial charge in [0.15, 0.2) is 18.4 Å². The second-order valence-corrected chi connectivity index (χ2v) is 12.2. The summed E-state index contributed by atoms with van der Waals surface area (Å²) in [5.74, 6) is -3.46. The molecule has 6 unspecified atom stereocenters. The van der Waals surface area contributed by atoms with E-state index in [-0.39, 0.29) is 36.3 Å². The van der Waals surface area contributed by atoms with Crippen molar-refractivity contribution in [3.8, 4) is 5.75 Å². The number of phenolic OH excluding ortho intramolecular Hbond substituents is 1. The van der Waals surface area contributed by atoms with Gasteiger partial charge in [0.1, 0.15) is 54.6 Å². The Morgan fingerprint density at radius 1 is 0.907 bits per heavy atom. The van der Waals surface area contributed by atoms with Crippen molar-refractivity contribution >= 4 is 11.9 Å². The standard InChI is InChI=1S/C30H32O13/c1-27-13-29(37)19-11-30(27,28(19,26(42-27)43-29)14-39-24(36)16-7-9-17(31)10-8-16)41-25-22(34)21(33)20(32)18(40-25)12-38-23(35)15-5-3-2-4-6-15/h2-10,18-22,25-26,31-34,37H,11-14H2,1H3/t18-,19?,20-,21+,22-,25+,26?,27?,28?,29?,30?/m1/s1. The van der Waals surface area contributed by atoms with Crippen molar-refractivity contribution in [2.45, 2.75) is 73.8 Å². The molecule has 6 bridgehead atoms. The van der Waals surface area contributed by atoms with Gasteiger partial charge in [-0.15, -0.1) is 0 Å². The molecule has 4 saturated heterocycles. The molecule has 7 aliphatic rings. The van der Waals surface area contributed by atoms with Crippen LogP contribution in [0.1, 0.15) is 40.5 Å². The smallest absolute Gasteiger partial charge is 0.338 e. The zero-order valence-corrected chi connectivity index (χ0v) is 23.1. The molecule has 2 aromatic rings. The van der Waals surface area contributed by atoms with Crippen LogP contribution in [0.3, 0.4) is 0 Å². The number of hydrogen-bond acceptors (Lipinski definition) is 13. The molecule has 11 atom stereocenters. The zero-order valence-electron chi connectivity index (χ0n) is 23.1. The molecule has 4 heterocycles. The van der Waals surface area contributed by atoms with Crippen molar-refractivity contribution in [1.29, 1.82) is 0 Å². The highest BCUT2D eigenvalue weighted by Crippen LogP contribution is 2.81. The third-order valence-electron chi connectivity index (χ3n) is 9.87. The summed E-state index contributed by atoms with van der Waals surface area (Å²) in [4.78, 5) is 25.4. The highest BCUT2D eigenvalue weighted by molar-refractivity contribution is 5.90. The van der Waals surface area contributed by atoms with Crippen LogP contribution in [0, 0.1) is 11.3 Å². The van der Waals surface area contributed by atoms with E-state index >= 15 is 0 Å². The van der Waals surface area contributed by atoms with Crippen molar-refractivity contribution in [3.05, 3.63) is 65.7 Å². The summed E-state index contributed by atoms with van der Waals surface area (Å²) in [5.41, 5.74) is -3.18. The molecule has 7 fully saturated rings. The Morgan fingerprint density at radius 3 is 2.30 bits per heavy atom. The van der Waals surface area contributed by atoms with E-state index in [4.69, 9.17) is 28.4 Å². The summed E-state index contributed by atoms with van der Waals surface area (Å²) >= 11 is 0. The molecule has 0 amide bonds. The second kappa shape index (κ2) is 9.68. The van der Waals surface area contributed by atoms with Gasteiger partial charge in [0, 0.05) is 12.3 Å². The van der Waals surface area contributed by atoms with Crippen LogP contribution >= 0.6 is 0 Å². The Bertz CT molecular complexity index is 1420. The van der Waals surface area contributed by atoms with E-state index in [0.717, 1.165) is 0 Å². The lowest BCUT2D eigenvalue weighted by molar-refractivity contribution is -0.424. The van der Waals surface area contributed by atoms with Crippen LogP contribution in [-0.2, 0) is 28.4 Å². The quantitative estimate of drug-likeness (QED) is 0.259. The van der Waals surface area contributed by atoms with E-state index in [0.29, 0.717) is 0 Å². The summed E-state index contributed by atoms with van der Waals surface area (Å²) in [6, 6.07) is 13.7. The zero-order chi connectivity index (χ0) is 30.4. The van der Waals surface area contributed by atoms with Crippen LogP contribution in [0.25, 0.3) is 0 Å². The lowest BCUT2D eigenvalue weighted by Crippen LogP contribution is -2.80. The van der Waals surface area contributed by atoms with Crippen LogP contribution in [0.4, 0.5) is 0 Å². The van der Waals surface area contributed by atoms with Gasteiger partial charge in [-0.25, -0.2) is 9.59 Å². The van der Waals surface area contributed by atoms with E-state index in [9.17, 15) is 35.1 Å². The molecule has 4 aliphatic heterocycles. The van der Waals surface area contributed by atoms with Gasteiger partial charge < -0.3 is 54.0 Å². The fraction of sp³-hybridized carbons (Fsp3) is 0.533. The molecule has 5 N–H and O–H groups in total. The van der Waals surface area contributed by atoms with Crippen LogP contribution in [-0.4, -0.2) is 105 Å². The number of benzene rings is 2. The van der Waals surface area contributed by atoms with Crippen LogP contribution in [0.2, 0.25) is 0 Å². The predicted molar refractivity (Wildman–Crippen MR) is 140 cm³/mol. The van der Waals surface area contributed by atoms with Crippen molar-refractivity contribution in [2.24, 2.45) is 11.3 Å². The maximum atomic E-state index is 12.9. The molecule has 13 nitrogen and oxygen atoms in total. The minimum absolute atomic E-state index is 0.0149. The number of ether oxygens (including phenoxy) is 6. The SMILES string of the molecule is CC12CC3(O)OC(O1)C1(COC(=O)c4ccc(O)cc4)C3CC21O[C@@H]1O[C@H](COC(=O)c2ccccc2)[C@@H](O)[C@H](O)[C@H]1O. The van der Waals surface area contributed by atoms with Crippen molar-refractivity contribution < 1.29 is 63.5 Å². The molecular formula is C30H32O13. The van der Waals surface area contributed by atoms with Crippen molar-refractivity contribution in [3.63, 3.8) is 0 Å². The monoisotopic (exact) mass is 600 g/mol. The maximum Gasteiger partial charge on any atom is 0.338 e. The normalized spacial score (nSPS) is 43.7. The summed E-state index contributed by atoms with van der Waals surface area (Å²) in [6.07, 6.45) is -8.57. The number of esters is 2. The lowest BCUT2D eigenvalue weighted by Gasteiger charge is -2.67. The van der Waals surface area contributed by atoms with Crippen LogP contribution < -0.4 is 0 Å². The highest BCUT2D eigenvalue weighted by Gasteiger charge is 2.94. The number of aliphatic hydroxyl groups excluding tert-OH is 3. The first kappa shape index (κ1) is 28.6. The number of rotatable bonds is 8. The molecule has 13 heteroatoms. The van der Waals surface area contributed by atoms with Gasteiger partial charge in [-0.1, -0.05) is 18.2 Å². The van der Waals surface area contributed by atoms with E-state index in [2.05, 4.69) is 0 Å². The minimum Gasteiger partial charge on any atom is -0.508 e. The minimum atomic E-state index is -1.71. The summed E-state index contributed by atoms with van der Waals surface area (Å²) in [7, 11) is 0. The van der Waals surface area contributed by atoms with Crippen LogP contribution in [0.5, 0.6) is 5.75 Å². The first-order chi connectivity index (χ1) is 20.4. The van der Waals surface area contributed by atoms with Crippen molar-refractivity contribution in [2.75, 3.05) is 13.2 Å². The molecule has 9 rings (SSSR count). The Hall–Kier alpha value is -3.14. The third kappa shape index (κ3) is 3.93. The Kier molecular flexibility index (Phi) is 6.44. The molecule has 2 aromatic carbocycles. The number of phenols is 1. The molecular weight excluding hydrogens is 568 g/mol. The molecule has 0 radical (unpaired) electrons. The van der Waals surface area contributed by atoms with Crippen LogP contribution in [0.15, 0.2) is 54.6 Å². The number of hydrogen-bond donors (Lipinski definition) is 5. The van der Waals surface area contributed by atoms with Gasteiger partial charge in [0.25, 0.3) is 0 Å². The average molecular weight is 601 g/mol. The largest absolute Gasteiger partial charge is 0.508 e. The number of aromatic hydroxyl groups is 1. The van der Waals surface area contributed by atoms with E-state index in [1.54, 1.807) is 37.3 Å². The van der Waals surface area contributed by atoms with Gasteiger partial charge >= 0.3 is 11.9 Å². The summed E-state index contributed by atoms with van der Waals surface area (Å²) in [6.45, 7) is 1.01. The van der Waals surface area contributed by atoms with E-state index in [1.807, 2.05) is 0 Å². The fourth-order valence-corrected chi connectivity index (χ4v) is 7.70. The Labute approximate surface area is 245 Å². The molecule has 43 heavy (non-hydrogen) atoms. The number of carbonyl (C=O) groups excluding carboxylic acids is 2. The first-order valence-corrected chi connectivity index (χ1v) is 14.1. The maximum absolute atomic E-state index is 12.9. The number of carbonyl (C=O) groups is 2. The summed E-state index contributed by atoms with van der Waals surface area (Å²) < 4.78 is 35.6. The predicted octanol–water partition coefficient (Wildman–Crippen LogP) is 0.213. The van der Waals surface area contributed by atoms with E-state index in [1.165, 1.54) is 24.3 Å². The fourth-order valence-electron chi connectivity index (χ4n) is 7.70. The Morgan fingerprint density at radius 2 is 1.58 bits per heavy atom. The number of aliphatic hydroxyl groups is 4. The first-order valence-electron chi connectivity index (χ1n) is 14.1. The molecule has 3 saturated carbocycles. The summed E-state index contributed by atoms with van der Waals surface area (Å²) in [5, 5.41) is 53.2. The van der Waals surface area contributed by atoms with Gasteiger partial charge in [0.05, 0.1) is 16.5 Å². The average Bonchev–Trinajstić information content (AvgIpc) is 3.18. The topological polar surface area (TPSA) is 191 Å². The van der Waals surface area contributed by atoms with Gasteiger partial charge in [0.2, 0.25) is 0 Å². The van der Waals surface area contributed by atoms with Gasteiger partial charge in [-0.2, -0.15) is 0 Å². The van der Waals surface area contributed by atoms with Gasteiger partial charge in [-0.05, 0) is 49.7 Å². The van der Waals surface area contributed by atoms with E-state index < -0.39 is 83.9 Å². The molecule has 0 spiro atoms. The molecule has 230 valence electrons.